The first kappa shape index (κ1) is 17.0. The second-order valence-electron chi connectivity index (χ2n) is 5.09. The molecule has 0 atom stereocenters. The molecule has 0 bridgehead atoms. The van der Waals surface area contributed by atoms with Gasteiger partial charge in [-0.15, -0.1) is 0 Å². The summed E-state index contributed by atoms with van der Waals surface area (Å²) in [6.45, 7) is 11.3. The van der Waals surface area contributed by atoms with E-state index >= 15 is 0 Å². The van der Waals surface area contributed by atoms with Crippen molar-refractivity contribution in [3.8, 4) is 5.75 Å². The minimum atomic E-state index is 0.162. The molecule has 3 N–H and O–H groups in total. The predicted octanol–water partition coefficient (Wildman–Crippen LogP) is 2.79. The molecule has 1 rings (SSSR count). The third-order valence-corrected chi connectivity index (χ3v) is 2.36. The van der Waals surface area contributed by atoms with Gasteiger partial charge in [-0.25, -0.2) is 0 Å². The Morgan fingerprint density at radius 3 is 2.57 bits per heavy atom. The average Bonchev–Trinajstić information content (AvgIpc) is 2.39. The fourth-order valence-corrected chi connectivity index (χ4v) is 1.55. The topological polar surface area (TPSA) is 68.9 Å². The van der Waals surface area contributed by atoms with Crippen LogP contribution in [0.3, 0.4) is 0 Å². The highest BCUT2D eigenvalue weighted by atomic mass is 16.5. The summed E-state index contributed by atoms with van der Waals surface area (Å²) in [4.78, 5) is 4.18. The average molecular weight is 291 g/mol. The minimum absolute atomic E-state index is 0.162. The fraction of sp³-hybridized carbons (Fsp3) is 0.438. The van der Waals surface area contributed by atoms with Crippen LogP contribution in [0.25, 0.3) is 0 Å². The van der Waals surface area contributed by atoms with Gasteiger partial charge in [0.15, 0.2) is 5.96 Å². The molecule has 0 heterocycles. The second-order valence-corrected chi connectivity index (χ2v) is 5.09. The highest BCUT2D eigenvalue weighted by Gasteiger charge is 1.99. The largest absolute Gasteiger partial charge is 0.491 e. The summed E-state index contributed by atoms with van der Waals surface area (Å²) in [6, 6.07) is 7.59. The predicted molar refractivity (Wildman–Crippen MR) is 88.0 cm³/mol. The number of rotatable bonds is 8. The lowest BCUT2D eigenvalue weighted by Gasteiger charge is -2.11. The highest BCUT2D eigenvalue weighted by molar-refractivity contribution is 5.92. The molecule has 1 aromatic carbocycles. The Morgan fingerprint density at radius 1 is 1.33 bits per heavy atom. The van der Waals surface area contributed by atoms with Gasteiger partial charge in [0.1, 0.15) is 5.75 Å². The standard InChI is InChI=1S/C16H25N3O2/c1-12(2)11-20-10-9-18-16(17)19-14-5-7-15(8-6-14)21-13(3)4/h5-8,13H,1,9-11H2,2-4H3,(H3,17,18,19). The number of nitrogens with one attached hydrogen (secondary N) is 1. The Bertz CT molecular complexity index is 467. The van der Waals surface area contributed by atoms with E-state index in [4.69, 9.17) is 15.2 Å². The summed E-state index contributed by atoms with van der Waals surface area (Å²) in [5.74, 6) is 1.20. The number of hydrogen-bond acceptors (Lipinski definition) is 3. The van der Waals surface area contributed by atoms with Gasteiger partial charge in [0.05, 0.1) is 25.9 Å². The van der Waals surface area contributed by atoms with Gasteiger partial charge >= 0.3 is 0 Å². The summed E-state index contributed by atoms with van der Waals surface area (Å²) in [5, 5.41) is 3.02. The Labute approximate surface area is 126 Å². The van der Waals surface area contributed by atoms with Crippen LogP contribution in [0.15, 0.2) is 41.4 Å². The zero-order valence-corrected chi connectivity index (χ0v) is 13.1. The molecule has 116 valence electrons. The van der Waals surface area contributed by atoms with Gasteiger partial charge in [-0.3, -0.25) is 4.99 Å². The van der Waals surface area contributed by atoms with Gasteiger partial charge in [-0.05, 0) is 45.0 Å². The van der Waals surface area contributed by atoms with E-state index in [0.29, 0.717) is 25.7 Å². The van der Waals surface area contributed by atoms with Gasteiger partial charge < -0.3 is 20.5 Å². The van der Waals surface area contributed by atoms with Gasteiger partial charge in [0.25, 0.3) is 0 Å². The molecular formula is C16H25N3O2. The SMILES string of the molecule is C=C(C)COCCN=C(N)Nc1ccc(OC(C)C)cc1. The van der Waals surface area contributed by atoms with Crippen LogP contribution < -0.4 is 15.8 Å². The van der Waals surface area contributed by atoms with E-state index in [0.717, 1.165) is 17.0 Å². The zero-order chi connectivity index (χ0) is 15.7. The van der Waals surface area contributed by atoms with Crippen molar-refractivity contribution < 1.29 is 9.47 Å². The van der Waals surface area contributed by atoms with Gasteiger partial charge in [-0.2, -0.15) is 0 Å². The van der Waals surface area contributed by atoms with Crippen LogP contribution in [-0.2, 0) is 4.74 Å². The van der Waals surface area contributed by atoms with Crippen molar-refractivity contribution in [2.45, 2.75) is 26.9 Å². The van der Waals surface area contributed by atoms with Gasteiger partial charge in [-0.1, -0.05) is 12.2 Å². The van der Waals surface area contributed by atoms with Crippen LogP contribution in [0.5, 0.6) is 5.75 Å². The first-order chi connectivity index (χ1) is 9.97. The first-order valence-corrected chi connectivity index (χ1v) is 7.03. The summed E-state index contributed by atoms with van der Waals surface area (Å²) in [6.07, 6.45) is 0.162. The maximum atomic E-state index is 5.80. The van der Waals surface area contributed by atoms with Crippen LogP contribution in [0.4, 0.5) is 5.69 Å². The quantitative estimate of drug-likeness (QED) is 0.334. The molecule has 0 unspecified atom stereocenters. The molecule has 0 radical (unpaired) electrons. The Morgan fingerprint density at radius 2 is 2.00 bits per heavy atom. The highest BCUT2D eigenvalue weighted by Crippen LogP contribution is 2.16. The first-order valence-electron chi connectivity index (χ1n) is 7.03. The van der Waals surface area contributed by atoms with Gasteiger partial charge in [0, 0.05) is 5.69 Å². The van der Waals surface area contributed by atoms with Gasteiger partial charge in [0.2, 0.25) is 0 Å². The van der Waals surface area contributed by atoms with E-state index in [2.05, 4.69) is 16.9 Å². The number of aliphatic imine (C=N–C) groups is 1. The van der Waals surface area contributed by atoms with E-state index in [-0.39, 0.29) is 6.10 Å². The number of hydrogen-bond donors (Lipinski definition) is 2. The summed E-state index contributed by atoms with van der Waals surface area (Å²) in [5.41, 5.74) is 7.67. The number of nitrogens with two attached hydrogens (primary N) is 1. The molecule has 5 nitrogen and oxygen atoms in total. The third-order valence-electron chi connectivity index (χ3n) is 2.36. The number of nitrogens with zero attached hydrogens (tertiary/aromatic N) is 1. The van der Waals surface area contributed by atoms with Crippen LogP contribution in [-0.4, -0.2) is 31.8 Å². The third kappa shape index (κ3) is 7.99. The van der Waals surface area contributed by atoms with Crippen LogP contribution >= 0.6 is 0 Å². The second kappa shape index (κ2) is 9.02. The van der Waals surface area contributed by atoms with Crippen molar-refractivity contribution in [3.63, 3.8) is 0 Å². The fourth-order valence-electron chi connectivity index (χ4n) is 1.55. The summed E-state index contributed by atoms with van der Waals surface area (Å²) < 4.78 is 10.9. The molecule has 0 saturated carbocycles. The molecular weight excluding hydrogens is 266 g/mol. The molecule has 0 aromatic heterocycles. The molecule has 21 heavy (non-hydrogen) atoms. The molecule has 5 heteroatoms. The number of guanidine groups is 1. The van der Waals surface area contributed by atoms with E-state index in [1.54, 1.807) is 0 Å². The molecule has 1 aromatic rings. The Kier molecular flexibility index (Phi) is 7.32. The van der Waals surface area contributed by atoms with E-state index in [1.165, 1.54) is 0 Å². The Hall–Kier alpha value is -2.01. The van der Waals surface area contributed by atoms with Crippen molar-refractivity contribution in [2.24, 2.45) is 10.7 Å². The lowest BCUT2D eigenvalue weighted by atomic mass is 10.3. The molecule has 0 aliphatic rings. The lowest BCUT2D eigenvalue weighted by Crippen LogP contribution is -2.23. The maximum Gasteiger partial charge on any atom is 0.193 e. The number of ether oxygens (including phenoxy) is 2. The van der Waals surface area contributed by atoms with Crippen molar-refractivity contribution in [3.05, 3.63) is 36.4 Å². The number of benzene rings is 1. The smallest absolute Gasteiger partial charge is 0.193 e. The normalized spacial score (nSPS) is 11.5. The molecule has 0 aliphatic carbocycles. The van der Waals surface area contributed by atoms with E-state index in [1.807, 2.05) is 45.0 Å². The summed E-state index contributed by atoms with van der Waals surface area (Å²) >= 11 is 0. The molecule has 0 aliphatic heterocycles. The lowest BCUT2D eigenvalue weighted by molar-refractivity contribution is 0.165. The molecule has 0 saturated heterocycles. The summed E-state index contributed by atoms with van der Waals surface area (Å²) in [7, 11) is 0. The van der Waals surface area contributed by atoms with Crippen molar-refractivity contribution in [1.29, 1.82) is 0 Å². The molecule has 0 fully saturated rings. The maximum absolute atomic E-state index is 5.80. The van der Waals surface area contributed by atoms with Crippen molar-refractivity contribution >= 4 is 11.6 Å². The van der Waals surface area contributed by atoms with Crippen LogP contribution in [0, 0.1) is 0 Å². The monoisotopic (exact) mass is 291 g/mol. The van der Waals surface area contributed by atoms with Crippen LogP contribution in [0.2, 0.25) is 0 Å². The van der Waals surface area contributed by atoms with E-state index < -0.39 is 0 Å². The molecule has 0 amide bonds. The zero-order valence-electron chi connectivity index (χ0n) is 13.1. The van der Waals surface area contributed by atoms with Crippen LogP contribution in [0.1, 0.15) is 20.8 Å². The Balaban J connectivity index is 2.36. The van der Waals surface area contributed by atoms with Crippen molar-refractivity contribution in [2.75, 3.05) is 25.1 Å². The minimum Gasteiger partial charge on any atom is -0.491 e. The molecule has 0 spiro atoms. The van der Waals surface area contributed by atoms with Crippen molar-refractivity contribution in [1.82, 2.24) is 0 Å². The number of anilines is 1. The van der Waals surface area contributed by atoms with E-state index in [9.17, 15) is 0 Å².